The van der Waals surface area contributed by atoms with Gasteiger partial charge in [-0.25, -0.2) is 9.98 Å². The Hall–Kier alpha value is -1.58. The number of nitrogens with one attached hydrogen (secondary N) is 1. The first-order chi connectivity index (χ1) is 7.16. The fourth-order valence-electron chi connectivity index (χ4n) is 1.59. The normalized spacial score (nSPS) is 14.3. The largest absolute Gasteiger partial charge is 0.382 e. The highest BCUT2D eigenvalue weighted by Gasteiger charge is 2.04. The minimum Gasteiger partial charge on any atom is -0.382 e. The van der Waals surface area contributed by atoms with E-state index in [1.165, 1.54) is 0 Å². The Morgan fingerprint density at radius 2 is 2.27 bits per heavy atom. The average Bonchev–Trinajstić information content (AvgIpc) is 2.18. The fraction of sp³-hybridized carbons (Fsp3) is 0.455. The molecule has 15 heavy (non-hydrogen) atoms. The van der Waals surface area contributed by atoms with E-state index in [0.717, 1.165) is 16.4 Å². The summed E-state index contributed by atoms with van der Waals surface area (Å²) in [6, 6.07) is 2.40. The predicted molar refractivity (Wildman–Crippen MR) is 60.9 cm³/mol. The molecule has 2 heterocycles. The summed E-state index contributed by atoms with van der Waals surface area (Å²) >= 11 is 0. The molecule has 1 aliphatic heterocycles. The van der Waals surface area contributed by atoms with Crippen molar-refractivity contribution in [3.8, 4) is 0 Å². The zero-order valence-corrected chi connectivity index (χ0v) is 9.36. The van der Waals surface area contributed by atoms with Gasteiger partial charge in [-0.3, -0.25) is 0 Å². The summed E-state index contributed by atoms with van der Waals surface area (Å²) in [5.74, 6) is 0. The molecule has 0 aromatic carbocycles. The van der Waals surface area contributed by atoms with Gasteiger partial charge in [0.2, 0.25) is 0 Å². The van der Waals surface area contributed by atoms with Crippen molar-refractivity contribution in [2.24, 2.45) is 4.99 Å². The second-order valence-electron chi connectivity index (χ2n) is 4.08. The van der Waals surface area contributed by atoms with E-state index in [-0.39, 0.29) is 0 Å². The molecule has 0 saturated carbocycles. The van der Waals surface area contributed by atoms with Crippen molar-refractivity contribution < 1.29 is 0 Å². The summed E-state index contributed by atoms with van der Waals surface area (Å²) in [7, 11) is 2.01. The van der Waals surface area contributed by atoms with Gasteiger partial charge >= 0.3 is 0 Å². The number of aromatic nitrogens is 1. The van der Waals surface area contributed by atoms with Gasteiger partial charge in [-0.15, -0.1) is 0 Å². The van der Waals surface area contributed by atoms with Crippen LogP contribution in [-0.2, 0) is 0 Å². The van der Waals surface area contributed by atoms with Crippen molar-refractivity contribution in [2.45, 2.75) is 19.9 Å². The number of nitrogens with zero attached hydrogens (tertiary/aromatic N) is 3. The molecule has 1 aliphatic rings. The standard InChI is InChI=1S/C11H16N4/c1-8(2)14-10-4-5-12-11-9(10)6-15(3)7-13-11/h4-6,8,14H,7H2,1-3H3. The van der Waals surface area contributed by atoms with Gasteiger partial charge in [-0.2, -0.15) is 0 Å². The van der Waals surface area contributed by atoms with Crippen LogP contribution in [0.2, 0.25) is 0 Å². The Bertz CT molecular complexity index is 464. The van der Waals surface area contributed by atoms with Gasteiger partial charge in [0.1, 0.15) is 6.67 Å². The zero-order chi connectivity index (χ0) is 10.8. The minimum atomic E-state index is 0.414. The van der Waals surface area contributed by atoms with Gasteiger partial charge in [0, 0.05) is 31.2 Å². The Labute approximate surface area is 89.4 Å². The van der Waals surface area contributed by atoms with Crippen molar-refractivity contribution in [3.63, 3.8) is 0 Å². The Morgan fingerprint density at radius 3 is 3.00 bits per heavy atom. The molecular formula is C11H16N4. The summed E-state index contributed by atoms with van der Waals surface area (Å²) in [6.45, 7) is 4.93. The maximum atomic E-state index is 4.39. The number of anilines is 1. The molecule has 0 bridgehead atoms. The SMILES string of the molecule is CC(C)Nc1ccnc2c1=CN(C)CN=2. The van der Waals surface area contributed by atoms with E-state index in [4.69, 9.17) is 0 Å². The number of pyridine rings is 1. The molecular weight excluding hydrogens is 188 g/mol. The third kappa shape index (κ3) is 2.09. The Kier molecular flexibility index (Phi) is 2.58. The molecule has 80 valence electrons. The van der Waals surface area contributed by atoms with Gasteiger partial charge in [0.25, 0.3) is 0 Å². The van der Waals surface area contributed by atoms with Crippen LogP contribution in [0.15, 0.2) is 17.3 Å². The van der Waals surface area contributed by atoms with Crippen LogP contribution in [0.1, 0.15) is 13.8 Å². The van der Waals surface area contributed by atoms with E-state index in [2.05, 4.69) is 40.2 Å². The van der Waals surface area contributed by atoms with Gasteiger partial charge in [-0.05, 0) is 19.9 Å². The quantitative estimate of drug-likeness (QED) is 0.746. The maximum Gasteiger partial charge on any atom is 0.159 e. The molecule has 4 heteroatoms. The lowest BCUT2D eigenvalue weighted by Crippen LogP contribution is -2.39. The lowest BCUT2D eigenvalue weighted by molar-refractivity contribution is 0.495. The highest BCUT2D eigenvalue weighted by molar-refractivity contribution is 5.47. The first kappa shape index (κ1) is 9.96. The van der Waals surface area contributed by atoms with Crippen LogP contribution in [0.5, 0.6) is 0 Å². The first-order valence-electron chi connectivity index (χ1n) is 5.15. The van der Waals surface area contributed by atoms with E-state index >= 15 is 0 Å². The number of fused-ring (bicyclic) bond motifs is 1. The molecule has 1 aromatic heterocycles. The molecule has 0 aliphatic carbocycles. The summed E-state index contributed by atoms with van der Waals surface area (Å²) in [5, 5.41) is 4.48. The van der Waals surface area contributed by atoms with E-state index in [0.29, 0.717) is 12.7 Å². The highest BCUT2D eigenvalue weighted by atomic mass is 15.2. The lowest BCUT2D eigenvalue weighted by atomic mass is 10.2. The van der Waals surface area contributed by atoms with Gasteiger partial charge in [-0.1, -0.05) is 0 Å². The predicted octanol–water partition coefficient (Wildman–Crippen LogP) is 0.162. The van der Waals surface area contributed by atoms with Crippen LogP contribution >= 0.6 is 0 Å². The third-order valence-corrected chi connectivity index (χ3v) is 2.21. The van der Waals surface area contributed by atoms with Gasteiger partial charge < -0.3 is 10.2 Å². The third-order valence-electron chi connectivity index (χ3n) is 2.21. The van der Waals surface area contributed by atoms with Crippen molar-refractivity contribution in [1.29, 1.82) is 0 Å². The van der Waals surface area contributed by atoms with E-state index < -0.39 is 0 Å². The topological polar surface area (TPSA) is 40.5 Å². The van der Waals surface area contributed by atoms with Crippen LogP contribution in [0, 0.1) is 0 Å². The van der Waals surface area contributed by atoms with Crippen LogP contribution in [0.25, 0.3) is 6.20 Å². The molecule has 0 unspecified atom stereocenters. The molecule has 4 nitrogen and oxygen atoms in total. The van der Waals surface area contributed by atoms with E-state index in [1.54, 1.807) is 6.20 Å². The van der Waals surface area contributed by atoms with Crippen molar-refractivity contribution in [1.82, 2.24) is 9.88 Å². The van der Waals surface area contributed by atoms with Gasteiger partial charge in [0.05, 0.1) is 5.22 Å². The number of hydrogen-bond acceptors (Lipinski definition) is 4. The monoisotopic (exact) mass is 204 g/mol. The second kappa shape index (κ2) is 3.88. The van der Waals surface area contributed by atoms with Crippen LogP contribution in [-0.4, -0.2) is 29.6 Å². The smallest absolute Gasteiger partial charge is 0.159 e. The summed E-state index contributed by atoms with van der Waals surface area (Å²) in [5.41, 5.74) is 1.93. The van der Waals surface area contributed by atoms with E-state index in [1.807, 2.05) is 13.1 Å². The maximum absolute atomic E-state index is 4.39. The molecule has 0 fully saturated rings. The van der Waals surface area contributed by atoms with Crippen LogP contribution < -0.4 is 16.0 Å². The molecule has 1 N–H and O–H groups in total. The molecule has 0 radical (unpaired) electrons. The second-order valence-corrected chi connectivity index (χ2v) is 4.08. The lowest BCUT2D eigenvalue weighted by Gasteiger charge is -2.16. The highest BCUT2D eigenvalue weighted by Crippen LogP contribution is 1.99. The summed E-state index contributed by atoms with van der Waals surface area (Å²) < 4.78 is 0. The Balaban J connectivity index is 2.54. The Morgan fingerprint density at radius 1 is 1.47 bits per heavy atom. The number of rotatable bonds is 2. The van der Waals surface area contributed by atoms with Crippen LogP contribution in [0.3, 0.4) is 0 Å². The van der Waals surface area contributed by atoms with Gasteiger partial charge in [0.15, 0.2) is 5.49 Å². The van der Waals surface area contributed by atoms with Crippen molar-refractivity contribution in [3.05, 3.63) is 23.0 Å². The average molecular weight is 204 g/mol. The van der Waals surface area contributed by atoms with E-state index in [9.17, 15) is 0 Å². The van der Waals surface area contributed by atoms with Crippen molar-refractivity contribution in [2.75, 3.05) is 19.0 Å². The summed E-state index contributed by atoms with van der Waals surface area (Å²) in [6.07, 6.45) is 3.88. The molecule has 0 spiro atoms. The summed E-state index contributed by atoms with van der Waals surface area (Å²) in [4.78, 5) is 10.7. The number of hydrogen-bond donors (Lipinski definition) is 1. The first-order valence-corrected chi connectivity index (χ1v) is 5.15. The van der Waals surface area contributed by atoms with Crippen molar-refractivity contribution >= 4 is 11.9 Å². The molecule has 0 saturated heterocycles. The molecule has 1 aromatic rings. The molecule has 2 rings (SSSR count). The molecule has 0 amide bonds. The molecule has 0 atom stereocenters. The van der Waals surface area contributed by atoms with Crippen LogP contribution in [0.4, 0.5) is 5.69 Å². The zero-order valence-electron chi connectivity index (χ0n) is 9.36. The minimum absolute atomic E-state index is 0.414. The fourth-order valence-corrected chi connectivity index (χ4v) is 1.59.